The molecule has 1 heterocycles. The van der Waals surface area contributed by atoms with Crippen LogP contribution >= 0.6 is 0 Å². The minimum Gasteiger partial charge on any atom is -0.482 e. The molecular formula is C15H21N3O3. The number of fused-ring (bicyclic) bond motifs is 1. The van der Waals surface area contributed by atoms with Crippen molar-refractivity contribution in [3.8, 4) is 5.75 Å². The summed E-state index contributed by atoms with van der Waals surface area (Å²) < 4.78 is 5.30. The lowest BCUT2D eigenvalue weighted by Gasteiger charge is -2.18. The third-order valence-electron chi connectivity index (χ3n) is 2.98. The number of ether oxygens (including phenoxy) is 1. The zero-order chi connectivity index (χ0) is 15.2. The summed E-state index contributed by atoms with van der Waals surface area (Å²) in [4.78, 5) is 22.7. The molecule has 1 aliphatic heterocycles. The topological polar surface area (TPSA) is 79.5 Å². The Kier molecular flexibility index (Phi) is 5.16. The van der Waals surface area contributed by atoms with Gasteiger partial charge in [0, 0.05) is 25.6 Å². The molecule has 0 saturated carbocycles. The van der Waals surface area contributed by atoms with Gasteiger partial charge in [-0.25, -0.2) is 0 Å². The van der Waals surface area contributed by atoms with Crippen LogP contribution in [0, 0.1) is 0 Å². The Morgan fingerprint density at radius 2 is 2.24 bits per heavy atom. The fourth-order valence-electron chi connectivity index (χ4n) is 2.07. The Bertz CT molecular complexity index is 529. The SMILES string of the molecule is CC(C)NC(=O)CCNCc1ccc2c(c1)NC(=O)CO2. The summed E-state index contributed by atoms with van der Waals surface area (Å²) in [5.74, 6) is 0.594. The van der Waals surface area contributed by atoms with E-state index >= 15 is 0 Å². The van der Waals surface area contributed by atoms with Gasteiger partial charge in [0.25, 0.3) is 5.91 Å². The number of hydrogen-bond donors (Lipinski definition) is 3. The predicted octanol–water partition coefficient (Wildman–Crippen LogP) is 1.02. The standard InChI is InChI=1S/C15H21N3O3/c1-10(2)17-14(19)5-6-16-8-11-3-4-13-12(7-11)18-15(20)9-21-13/h3-4,7,10,16H,5-6,8-9H2,1-2H3,(H,17,19)(H,18,20). The second-order valence-corrected chi connectivity index (χ2v) is 5.32. The van der Waals surface area contributed by atoms with E-state index in [0.29, 0.717) is 30.9 Å². The van der Waals surface area contributed by atoms with Crippen LogP contribution in [0.25, 0.3) is 0 Å². The zero-order valence-corrected chi connectivity index (χ0v) is 12.4. The van der Waals surface area contributed by atoms with Crippen molar-refractivity contribution < 1.29 is 14.3 Å². The average molecular weight is 291 g/mol. The van der Waals surface area contributed by atoms with Crippen molar-refractivity contribution in [2.45, 2.75) is 32.9 Å². The molecule has 2 rings (SSSR count). The van der Waals surface area contributed by atoms with E-state index in [4.69, 9.17) is 4.74 Å². The molecule has 114 valence electrons. The molecule has 0 aliphatic carbocycles. The number of anilines is 1. The van der Waals surface area contributed by atoms with Crippen LogP contribution < -0.4 is 20.7 Å². The van der Waals surface area contributed by atoms with Crippen LogP contribution in [-0.4, -0.2) is 31.0 Å². The Morgan fingerprint density at radius 3 is 3.00 bits per heavy atom. The highest BCUT2D eigenvalue weighted by molar-refractivity contribution is 5.95. The molecule has 0 unspecified atom stereocenters. The second-order valence-electron chi connectivity index (χ2n) is 5.32. The molecule has 0 bridgehead atoms. The molecule has 0 radical (unpaired) electrons. The number of nitrogens with one attached hydrogen (secondary N) is 3. The van der Waals surface area contributed by atoms with Gasteiger partial charge in [-0.2, -0.15) is 0 Å². The molecule has 21 heavy (non-hydrogen) atoms. The monoisotopic (exact) mass is 291 g/mol. The molecule has 3 N–H and O–H groups in total. The summed E-state index contributed by atoms with van der Waals surface area (Å²) in [5.41, 5.74) is 1.73. The van der Waals surface area contributed by atoms with Gasteiger partial charge in [0.1, 0.15) is 5.75 Å². The molecule has 0 saturated heterocycles. The lowest BCUT2D eigenvalue weighted by atomic mass is 10.1. The highest BCUT2D eigenvalue weighted by atomic mass is 16.5. The van der Waals surface area contributed by atoms with Gasteiger partial charge in [-0.15, -0.1) is 0 Å². The van der Waals surface area contributed by atoms with Crippen molar-refractivity contribution >= 4 is 17.5 Å². The molecule has 2 amide bonds. The highest BCUT2D eigenvalue weighted by Crippen LogP contribution is 2.28. The van der Waals surface area contributed by atoms with Gasteiger partial charge in [0.05, 0.1) is 5.69 Å². The van der Waals surface area contributed by atoms with Gasteiger partial charge >= 0.3 is 0 Å². The second kappa shape index (κ2) is 7.08. The molecule has 6 nitrogen and oxygen atoms in total. The Hall–Kier alpha value is -2.08. The molecule has 6 heteroatoms. The van der Waals surface area contributed by atoms with Gasteiger partial charge < -0.3 is 20.7 Å². The number of amides is 2. The summed E-state index contributed by atoms with van der Waals surface area (Å²) >= 11 is 0. The van der Waals surface area contributed by atoms with Crippen LogP contribution in [0.3, 0.4) is 0 Å². The fourth-order valence-corrected chi connectivity index (χ4v) is 2.07. The Balaban J connectivity index is 1.78. The van der Waals surface area contributed by atoms with Crippen LogP contribution in [0.2, 0.25) is 0 Å². The van der Waals surface area contributed by atoms with E-state index < -0.39 is 0 Å². The first kappa shape index (κ1) is 15.3. The van der Waals surface area contributed by atoms with E-state index in [-0.39, 0.29) is 24.5 Å². The molecule has 1 aromatic rings. The van der Waals surface area contributed by atoms with Crippen LogP contribution in [0.4, 0.5) is 5.69 Å². The molecule has 1 aliphatic rings. The van der Waals surface area contributed by atoms with E-state index in [9.17, 15) is 9.59 Å². The quantitative estimate of drug-likeness (QED) is 0.684. The number of hydrogen-bond acceptors (Lipinski definition) is 4. The maximum Gasteiger partial charge on any atom is 0.262 e. The van der Waals surface area contributed by atoms with Crippen LogP contribution in [-0.2, 0) is 16.1 Å². The van der Waals surface area contributed by atoms with E-state index in [1.807, 2.05) is 32.0 Å². The van der Waals surface area contributed by atoms with Crippen molar-refractivity contribution in [1.29, 1.82) is 0 Å². The molecule has 0 spiro atoms. The Labute approximate surface area is 124 Å². The third kappa shape index (κ3) is 4.75. The van der Waals surface area contributed by atoms with Crippen molar-refractivity contribution in [1.82, 2.24) is 10.6 Å². The van der Waals surface area contributed by atoms with Crippen molar-refractivity contribution in [2.24, 2.45) is 0 Å². The first-order valence-electron chi connectivity index (χ1n) is 7.10. The normalized spacial score (nSPS) is 13.4. The molecule has 0 atom stereocenters. The largest absolute Gasteiger partial charge is 0.482 e. The van der Waals surface area contributed by atoms with E-state index in [2.05, 4.69) is 16.0 Å². The minimum absolute atomic E-state index is 0.0450. The van der Waals surface area contributed by atoms with Crippen molar-refractivity contribution in [3.63, 3.8) is 0 Å². The maximum absolute atomic E-state index is 11.5. The van der Waals surface area contributed by atoms with Gasteiger partial charge in [0.2, 0.25) is 5.91 Å². The number of benzene rings is 1. The van der Waals surface area contributed by atoms with Gasteiger partial charge in [0.15, 0.2) is 6.61 Å². The summed E-state index contributed by atoms with van der Waals surface area (Å²) in [6.45, 7) is 5.19. The van der Waals surface area contributed by atoms with Gasteiger partial charge in [-0.05, 0) is 31.5 Å². The summed E-state index contributed by atoms with van der Waals surface area (Å²) in [5, 5.41) is 8.83. The highest BCUT2D eigenvalue weighted by Gasteiger charge is 2.15. The minimum atomic E-state index is -0.141. The van der Waals surface area contributed by atoms with Crippen LogP contribution in [0.5, 0.6) is 5.75 Å². The molecule has 0 fully saturated rings. The van der Waals surface area contributed by atoms with Crippen molar-refractivity contribution in [3.05, 3.63) is 23.8 Å². The van der Waals surface area contributed by atoms with E-state index in [1.54, 1.807) is 0 Å². The van der Waals surface area contributed by atoms with Crippen molar-refractivity contribution in [2.75, 3.05) is 18.5 Å². The maximum atomic E-state index is 11.5. The lowest BCUT2D eigenvalue weighted by Crippen LogP contribution is -2.32. The van der Waals surface area contributed by atoms with Crippen LogP contribution in [0.15, 0.2) is 18.2 Å². The van der Waals surface area contributed by atoms with Gasteiger partial charge in [-0.1, -0.05) is 6.07 Å². The first-order valence-corrected chi connectivity index (χ1v) is 7.10. The summed E-state index contributed by atoms with van der Waals surface area (Å²) in [6.07, 6.45) is 0.447. The smallest absolute Gasteiger partial charge is 0.262 e. The predicted molar refractivity (Wildman–Crippen MR) is 80.2 cm³/mol. The average Bonchev–Trinajstić information content (AvgIpc) is 2.42. The number of rotatable bonds is 6. The molecular weight excluding hydrogens is 270 g/mol. The third-order valence-corrected chi connectivity index (χ3v) is 2.98. The summed E-state index contributed by atoms with van der Waals surface area (Å²) in [7, 11) is 0. The van der Waals surface area contributed by atoms with E-state index in [0.717, 1.165) is 5.56 Å². The summed E-state index contributed by atoms with van der Waals surface area (Å²) in [6, 6.07) is 5.84. The Morgan fingerprint density at radius 1 is 1.43 bits per heavy atom. The first-order chi connectivity index (χ1) is 10.0. The fraction of sp³-hybridized carbons (Fsp3) is 0.467. The zero-order valence-electron chi connectivity index (χ0n) is 12.4. The molecule has 1 aromatic carbocycles. The van der Waals surface area contributed by atoms with Crippen LogP contribution in [0.1, 0.15) is 25.8 Å². The number of carbonyl (C=O) groups is 2. The number of carbonyl (C=O) groups excluding carboxylic acids is 2. The van der Waals surface area contributed by atoms with E-state index in [1.165, 1.54) is 0 Å². The lowest BCUT2D eigenvalue weighted by molar-refractivity contribution is -0.121. The van der Waals surface area contributed by atoms with Gasteiger partial charge in [-0.3, -0.25) is 9.59 Å². The molecule has 0 aromatic heterocycles.